The molecule has 1 amide bonds. The molecule has 0 aliphatic carbocycles. The number of hydrazone groups is 1. The Hall–Kier alpha value is -3.84. The van der Waals surface area contributed by atoms with Crippen molar-refractivity contribution in [3.05, 3.63) is 70.5 Å². The molecule has 0 saturated carbocycles. The van der Waals surface area contributed by atoms with Crippen molar-refractivity contribution in [1.82, 2.24) is 5.43 Å². The number of amides is 1. The number of fused-ring (bicyclic) bond motifs is 1. The topological polar surface area (TPSA) is 116 Å². The van der Waals surface area contributed by atoms with E-state index in [0.717, 1.165) is 16.4 Å². The average Bonchev–Trinajstić information content (AvgIpc) is 2.91. The van der Waals surface area contributed by atoms with Gasteiger partial charge in [-0.05, 0) is 70.0 Å². The second-order valence-corrected chi connectivity index (χ2v) is 10.5. The van der Waals surface area contributed by atoms with Gasteiger partial charge in [-0.1, -0.05) is 0 Å². The van der Waals surface area contributed by atoms with E-state index in [2.05, 4.69) is 26.5 Å². The van der Waals surface area contributed by atoms with Crippen molar-refractivity contribution in [1.29, 1.82) is 0 Å². The van der Waals surface area contributed by atoms with Gasteiger partial charge in [0.05, 0.1) is 35.5 Å². The zero-order valence-electron chi connectivity index (χ0n) is 20.3. The molecule has 1 N–H and O–H groups in total. The van der Waals surface area contributed by atoms with Gasteiger partial charge in [-0.25, -0.2) is 18.2 Å². The van der Waals surface area contributed by atoms with Crippen LogP contribution >= 0.6 is 15.9 Å². The molecule has 0 saturated heterocycles. The van der Waals surface area contributed by atoms with E-state index in [1.807, 2.05) is 0 Å². The number of carbonyl (C=O) groups excluding carboxylic acids is 1. The minimum Gasteiger partial charge on any atom is -0.493 e. The Bertz CT molecular complexity index is 1470. The third kappa shape index (κ3) is 6.00. The number of halogens is 2. The maximum absolute atomic E-state index is 13.6. The van der Waals surface area contributed by atoms with E-state index >= 15 is 0 Å². The molecule has 0 atom stereocenters. The molecule has 200 valence electrons. The number of carbonyl (C=O) groups is 1. The number of nitrogens with zero attached hydrogens (tertiary/aromatic N) is 2. The van der Waals surface area contributed by atoms with Crippen LogP contribution in [0.5, 0.6) is 23.0 Å². The van der Waals surface area contributed by atoms with Gasteiger partial charge in [-0.2, -0.15) is 5.10 Å². The monoisotopic (exact) mass is 607 g/mol. The largest absolute Gasteiger partial charge is 0.493 e. The zero-order valence-corrected chi connectivity index (χ0v) is 22.7. The maximum Gasteiger partial charge on any atom is 0.264 e. The predicted molar refractivity (Wildman–Crippen MR) is 141 cm³/mol. The number of rotatable bonds is 9. The van der Waals surface area contributed by atoms with Gasteiger partial charge in [-0.15, -0.1) is 0 Å². The Balaban J connectivity index is 1.57. The lowest BCUT2D eigenvalue weighted by Gasteiger charge is -2.25. The lowest BCUT2D eigenvalue weighted by Crippen LogP contribution is -2.39. The van der Waals surface area contributed by atoms with Crippen LogP contribution in [0.3, 0.4) is 0 Å². The van der Waals surface area contributed by atoms with Gasteiger partial charge in [0.1, 0.15) is 25.6 Å². The molecule has 3 aromatic carbocycles. The fraction of sp³-hybridized carbons (Fsp3) is 0.200. The first-order valence-electron chi connectivity index (χ1n) is 11.1. The summed E-state index contributed by atoms with van der Waals surface area (Å²) in [5, 5.41) is 3.93. The van der Waals surface area contributed by atoms with Crippen molar-refractivity contribution in [2.24, 2.45) is 5.10 Å². The molecular weight excluding hydrogens is 585 g/mol. The third-order valence-corrected chi connectivity index (χ3v) is 7.72. The number of anilines is 1. The minimum atomic E-state index is -4.27. The SMILES string of the molecule is COc1cc(/C=N\NC(=O)CN(c2ccc(F)cc2)S(=O)(=O)c2ccc3c(c2)OCCO3)cc(Br)c1OC. The van der Waals surface area contributed by atoms with E-state index in [9.17, 15) is 17.6 Å². The molecule has 1 heterocycles. The summed E-state index contributed by atoms with van der Waals surface area (Å²) in [6, 6.07) is 12.3. The van der Waals surface area contributed by atoms with Crippen molar-refractivity contribution in [3.63, 3.8) is 0 Å². The first-order chi connectivity index (χ1) is 18.2. The molecule has 0 fully saturated rings. The number of hydrogen-bond donors (Lipinski definition) is 1. The van der Waals surface area contributed by atoms with Crippen molar-refractivity contribution in [3.8, 4) is 23.0 Å². The Kier molecular flexibility index (Phi) is 8.37. The number of nitrogens with one attached hydrogen (secondary N) is 1. The summed E-state index contributed by atoms with van der Waals surface area (Å²) in [5.41, 5.74) is 2.99. The molecule has 4 rings (SSSR count). The normalized spacial score (nSPS) is 12.7. The van der Waals surface area contributed by atoms with Crippen molar-refractivity contribution in [2.75, 3.05) is 38.3 Å². The highest BCUT2D eigenvalue weighted by Crippen LogP contribution is 2.36. The number of ether oxygens (including phenoxy) is 4. The van der Waals surface area contributed by atoms with Gasteiger partial charge >= 0.3 is 0 Å². The second kappa shape index (κ2) is 11.7. The number of benzene rings is 3. The zero-order chi connectivity index (χ0) is 27.3. The van der Waals surface area contributed by atoms with Crippen LogP contribution in [0.15, 0.2) is 69.1 Å². The van der Waals surface area contributed by atoms with Gasteiger partial charge in [0.15, 0.2) is 23.0 Å². The van der Waals surface area contributed by atoms with Gasteiger partial charge in [0.25, 0.3) is 15.9 Å². The van der Waals surface area contributed by atoms with E-state index < -0.39 is 28.3 Å². The van der Waals surface area contributed by atoms with Crippen molar-refractivity contribution >= 4 is 43.8 Å². The molecule has 1 aliphatic rings. The van der Waals surface area contributed by atoms with Crippen LogP contribution in [0, 0.1) is 5.82 Å². The molecule has 0 unspecified atom stereocenters. The molecule has 13 heteroatoms. The molecule has 10 nitrogen and oxygen atoms in total. The van der Waals surface area contributed by atoms with Crippen molar-refractivity contribution < 1.29 is 36.6 Å². The van der Waals surface area contributed by atoms with Gasteiger partial charge in [-0.3, -0.25) is 9.10 Å². The van der Waals surface area contributed by atoms with Gasteiger partial charge in [0.2, 0.25) is 0 Å². The highest BCUT2D eigenvalue weighted by molar-refractivity contribution is 9.10. The molecule has 38 heavy (non-hydrogen) atoms. The number of methoxy groups -OCH3 is 2. The lowest BCUT2D eigenvalue weighted by molar-refractivity contribution is -0.119. The standard InChI is InChI=1S/C25H23BrFN3O7S/c1-34-23-12-16(11-20(26)25(23)35-2)14-28-29-24(31)15-30(18-5-3-17(27)4-6-18)38(32,33)19-7-8-21-22(13-19)37-10-9-36-21/h3-8,11-14H,9-10,15H2,1-2H3,(H,29,31)/b28-14-. The fourth-order valence-corrected chi connectivity index (χ4v) is 5.65. The van der Waals surface area contributed by atoms with Crippen LogP contribution in [0.1, 0.15) is 5.56 Å². The number of sulfonamides is 1. The lowest BCUT2D eigenvalue weighted by atomic mass is 10.2. The summed E-state index contributed by atoms with van der Waals surface area (Å²) in [5.74, 6) is 0.339. The first-order valence-corrected chi connectivity index (χ1v) is 13.4. The van der Waals surface area contributed by atoms with Crippen LogP contribution in [-0.4, -0.2) is 54.5 Å². The Labute approximate surface area is 227 Å². The summed E-state index contributed by atoms with van der Waals surface area (Å²) in [4.78, 5) is 12.7. The first kappa shape index (κ1) is 27.2. The molecule has 0 aromatic heterocycles. The molecule has 0 bridgehead atoms. The van der Waals surface area contributed by atoms with Crippen LogP contribution in [-0.2, 0) is 14.8 Å². The smallest absolute Gasteiger partial charge is 0.264 e. The molecule has 0 spiro atoms. The summed E-state index contributed by atoms with van der Waals surface area (Å²) >= 11 is 3.38. The number of hydrogen-bond acceptors (Lipinski definition) is 8. The van der Waals surface area contributed by atoms with Crippen LogP contribution in [0.25, 0.3) is 0 Å². The van der Waals surface area contributed by atoms with E-state index in [0.29, 0.717) is 33.9 Å². The third-order valence-electron chi connectivity index (χ3n) is 5.36. The Morgan fingerprint density at radius 3 is 2.47 bits per heavy atom. The summed E-state index contributed by atoms with van der Waals surface area (Å²) in [7, 11) is -1.28. The van der Waals surface area contributed by atoms with Gasteiger partial charge < -0.3 is 18.9 Å². The summed E-state index contributed by atoms with van der Waals surface area (Å²) < 4.78 is 63.7. The van der Waals surface area contributed by atoms with Crippen LogP contribution < -0.4 is 28.7 Å². The molecule has 0 radical (unpaired) electrons. The Morgan fingerprint density at radius 2 is 1.79 bits per heavy atom. The van der Waals surface area contributed by atoms with Crippen LogP contribution in [0.4, 0.5) is 10.1 Å². The predicted octanol–water partition coefficient (Wildman–Crippen LogP) is 3.72. The molecule has 1 aliphatic heterocycles. The van der Waals surface area contributed by atoms with Crippen LogP contribution in [0.2, 0.25) is 0 Å². The highest BCUT2D eigenvalue weighted by Gasteiger charge is 2.29. The average molecular weight is 608 g/mol. The Morgan fingerprint density at radius 1 is 1.08 bits per heavy atom. The highest BCUT2D eigenvalue weighted by atomic mass is 79.9. The summed E-state index contributed by atoms with van der Waals surface area (Å²) in [6.45, 7) is -0.00759. The molecular formula is C25H23BrFN3O7S. The summed E-state index contributed by atoms with van der Waals surface area (Å²) in [6.07, 6.45) is 1.36. The minimum absolute atomic E-state index is 0.0873. The molecule has 3 aromatic rings. The van der Waals surface area contributed by atoms with Gasteiger partial charge in [0, 0.05) is 6.07 Å². The van der Waals surface area contributed by atoms with Crippen molar-refractivity contribution in [2.45, 2.75) is 4.90 Å². The quantitative estimate of drug-likeness (QED) is 0.291. The van der Waals surface area contributed by atoms with E-state index in [-0.39, 0.29) is 22.9 Å². The maximum atomic E-state index is 13.6. The fourth-order valence-electron chi connectivity index (χ4n) is 3.59. The van der Waals surface area contributed by atoms with E-state index in [4.69, 9.17) is 18.9 Å². The second-order valence-electron chi connectivity index (χ2n) is 7.82. The van der Waals surface area contributed by atoms with E-state index in [1.165, 1.54) is 50.8 Å². The van der Waals surface area contributed by atoms with E-state index in [1.54, 1.807) is 12.1 Å².